The summed E-state index contributed by atoms with van der Waals surface area (Å²) in [4.78, 5) is 4.45. The average molecular weight is 376 g/mol. The fourth-order valence-electron chi connectivity index (χ4n) is 2.41. The first-order valence-electron chi connectivity index (χ1n) is 8.19. The number of nitrogens with zero attached hydrogens (tertiary/aromatic N) is 1. The summed E-state index contributed by atoms with van der Waals surface area (Å²) < 4.78 is 43.5. The Hall–Kier alpha value is -2.18. The first kappa shape index (κ1) is 18.6. The summed E-state index contributed by atoms with van der Waals surface area (Å²) >= 11 is 1.32. The smallest absolute Gasteiger partial charge is 0.377 e. The van der Waals surface area contributed by atoms with Gasteiger partial charge in [0.25, 0.3) is 0 Å². The number of aryl methyl sites for hydroxylation is 1. The van der Waals surface area contributed by atoms with Crippen LogP contribution in [-0.4, -0.2) is 11.6 Å². The normalized spacial score (nSPS) is 11.7. The molecule has 6 heteroatoms. The molecular weight excluding hydrogens is 359 g/mol. The van der Waals surface area contributed by atoms with E-state index in [4.69, 9.17) is 4.74 Å². The lowest BCUT2D eigenvalue weighted by Gasteiger charge is -2.06. The zero-order valence-corrected chi connectivity index (χ0v) is 14.7. The molecule has 1 heterocycles. The van der Waals surface area contributed by atoms with Crippen molar-refractivity contribution in [3.05, 3.63) is 76.8 Å². The maximum atomic E-state index is 12.6. The van der Waals surface area contributed by atoms with Gasteiger partial charge in [0, 0.05) is 12.2 Å². The lowest BCUT2D eigenvalue weighted by atomic mass is 10.1. The van der Waals surface area contributed by atoms with Crippen molar-refractivity contribution in [3.8, 4) is 10.6 Å². The predicted octanol–water partition coefficient (Wildman–Crippen LogP) is 5.78. The number of hydrogen-bond acceptors (Lipinski definition) is 3. The van der Waals surface area contributed by atoms with Gasteiger partial charge in [0.1, 0.15) is 5.01 Å². The summed E-state index contributed by atoms with van der Waals surface area (Å²) in [6, 6.07) is 15.0. The van der Waals surface area contributed by atoms with Gasteiger partial charge in [-0.15, -0.1) is 11.3 Å². The highest BCUT2D eigenvalue weighted by molar-refractivity contribution is 7.12. The van der Waals surface area contributed by atoms with Crippen molar-refractivity contribution < 1.29 is 17.9 Å². The maximum Gasteiger partial charge on any atom is 0.416 e. The summed E-state index contributed by atoms with van der Waals surface area (Å²) in [5.74, 6) is 0. The van der Waals surface area contributed by atoms with Gasteiger partial charge in [-0.25, -0.2) is 4.98 Å². The van der Waals surface area contributed by atoms with Crippen molar-refractivity contribution in [2.45, 2.75) is 25.6 Å². The Morgan fingerprint density at radius 3 is 2.42 bits per heavy atom. The van der Waals surface area contributed by atoms with Gasteiger partial charge in [-0.3, -0.25) is 0 Å². The Bertz CT molecular complexity index is 813. The average Bonchev–Trinajstić information content (AvgIpc) is 3.11. The number of alkyl halides is 3. The first-order valence-corrected chi connectivity index (χ1v) is 9.01. The van der Waals surface area contributed by atoms with Gasteiger partial charge >= 0.3 is 6.18 Å². The van der Waals surface area contributed by atoms with Crippen LogP contribution < -0.4 is 0 Å². The highest BCUT2D eigenvalue weighted by Crippen LogP contribution is 2.31. The molecule has 0 spiro atoms. The molecule has 26 heavy (non-hydrogen) atoms. The van der Waals surface area contributed by atoms with Crippen LogP contribution in [0.3, 0.4) is 0 Å². The molecule has 0 bridgehead atoms. The molecule has 3 rings (SSSR count). The molecule has 0 saturated carbocycles. The minimum Gasteiger partial charge on any atom is -0.377 e. The van der Waals surface area contributed by atoms with Crippen LogP contribution in [0.1, 0.15) is 23.2 Å². The standard InChI is InChI=1S/C20H17F3NOS/c21-20(22,23)17-10-8-16(9-11-17)19-24-18(14-26-19)7-4-12-25-13-15-5-2-1-3-6-15/h1-3,5-6,8-11H,4,7,12-13H2. The third kappa shape index (κ3) is 5.16. The van der Waals surface area contributed by atoms with E-state index in [1.165, 1.54) is 23.5 Å². The molecule has 135 valence electrons. The number of ether oxygens (including phenoxy) is 1. The third-order valence-electron chi connectivity index (χ3n) is 3.78. The van der Waals surface area contributed by atoms with E-state index in [9.17, 15) is 13.2 Å². The summed E-state index contributed by atoms with van der Waals surface area (Å²) in [5, 5.41) is 3.79. The second-order valence-corrected chi connectivity index (χ2v) is 6.58. The van der Waals surface area contributed by atoms with E-state index in [0.717, 1.165) is 36.2 Å². The van der Waals surface area contributed by atoms with Gasteiger partial charge in [0.2, 0.25) is 0 Å². The molecule has 0 unspecified atom stereocenters. The van der Waals surface area contributed by atoms with Gasteiger partial charge in [-0.1, -0.05) is 42.5 Å². The largest absolute Gasteiger partial charge is 0.416 e. The van der Waals surface area contributed by atoms with E-state index < -0.39 is 11.7 Å². The molecule has 1 aromatic heterocycles. The molecule has 0 fully saturated rings. The molecule has 0 atom stereocenters. The van der Waals surface area contributed by atoms with Crippen LogP contribution in [0.15, 0.2) is 54.6 Å². The molecule has 0 aliphatic carbocycles. The van der Waals surface area contributed by atoms with E-state index in [0.29, 0.717) is 23.8 Å². The van der Waals surface area contributed by atoms with Gasteiger partial charge in [0.15, 0.2) is 0 Å². The molecule has 0 saturated heterocycles. The quantitative estimate of drug-likeness (QED) is 0.488. The molecule has 0 amide bonds. The van der Waals surface area contributed by atoms with Crippen LogP contribution in [-0.2, 0) is 23.9 Å². The zero-order chi connectivity index (χ0) is 18.4. The number of hydrogen-bond donors (Lipinski definition) is 0. The molecule has 3 aromatic rings. The van der Waals surface area contributed by atoms with Crippen molar-refractivity contribution in [1.82, 2.24) is 4.98 Å². The van der Waals surface area contributed by atoms with Crippen molar-refractivity contribution >= 4 is 11.3 Å². The van der Waals surface area contributed by atoms with Crippen molar-refractivity contribution in [3.63, 3.8) is 0 Å². The van der Waals surface area contributed by atoms with Crippen LogP contribution in [0.2, 0.25) is 0 Å². The van der Waals surface area contributed by atoms with Crippen LogP contribution in [0.25, 0.3) is 10.6 Å². The Morgan fingerprint density at radius 1 is 1.00 bits per heavy atom. The summed E-state index contributed by atoms with van der Waals surface area (Å²) in [5.41, 5.74) is 1.97. The Labute approximate surface area is 154 Å². The second kappa shape index (κ2) is 8.47. The van der Waals surface area contributed by atoms with Crippen LogP contribution >= 0.6 is 11.3 Å². The SMILES string of the molecule is FC(F)(F)c1ccc(-c2nc(CCCOCc3ccccc3)[c]s2)cc1. The van der Waals surface area contributed by atoms with E-state index in [1.807, 2.05) is 30.3 Å². The molecule has 2 nitrogen and oxygen atoms in total. The van der Waals surface area contributed by atoms with E-state index in [1.54, 1.807) is 0 Å². The molecule has 1 radical (unpaired) electrons. The Balaban J connectivity index is 1.47. The van der Waals surface area contributed by atoms with E-state index in [-0.39, 0.29) is 0 Å². The van der Waals surface area contributed by atoms with E-state index in [2.05, 4.69) is 10.4 Å². The lowest BCUT2D eigenvalue weighted by molar-refractivity contribution is -0.137. The van der Waals surface area contributed by atoms with Crippen LogP contribution in [0.5, 0.6) is 0 Å². The molecule has 0 aliphatic heterocycles. The topological polar surface area (TPSA) is 22.1 Å². The molecular formula is C20H17F3NOS. The Morgan fingerprint density at radius 2 is 1.73 bits per heavy atom. The number of benzene rings is 2. The van der Waals surface area contributed by atoms with Crippen molar-refractivity contribution in [2.75, 3.05) is 6.61 Å². The Kier molecular flexibility index (Phi) is 6.06. The minimum absolute atomic E-state index is 0.582. The fraction of sp³-hybridized carbons (Fsp3) is 0.250. The molecule has 2 aromatic carbocycles. The van der Waals surface area contributed by atoms with Crippen LogP contribution in [0, 0.1) is 5.38 Å². The monoisotopic (exact) mass is 376 g/mol. The van der Waals surface area contributed by atoms with Gasteiger partial charge < -0.3 is 4.74 Å². The number of halogens is 3. The minimum atomic E-state index is -4.32. The highest BCUT2D eigenvalue weighted by Gasteiger charge is 2.30. The molecule has 0 aliphatic rings. The van der Waals surface area contributed by atoms with E-state index >= 15 is 0 Å². The number of aromatic nitrogens is 1. The van der Waals surface area contributed by atoms with Crippen molar-refractivity contribution in [2.24, 2.45) is 0 Å². The summed E-state index contributed by atoms with van der Waals surface area (Å²) in [6.07, 6.45) is -2.77. The van der Waals surface area contributed by atoms with Gasteiger partial charge in [0.05, 0.1) is 23.2 Å². The predicted molar refractivity (Wildman–Crippen MR) is 95.8 cm³/mol. The maximum absolute atomic E-state index is 12.6. The second-order valence-electron chi connectivity index (χ2n) is 5.78. The third-order valence-corrected chi connectivity index (χ3v) is 4.63. The van der Waals surface area contributed by atoms with Gasteiger partial charge in [-0.05, 0) is 30.5 Å². The van der Waals surface area contributed by atoms with Crippen LogP contribution in [0.4, 0.5) is 13.2 Å². The first-order chi connectivity index (χ1) is 12.5. The highest BCUT2D eigenvalue weighted by atomic mass is 32.1. The summed E-state index contributed by atoms with van der Waals surface area (Å²) in [7, 11) is 0. The number of rotatable bonds is 7. The number of thiazole rings is 1. The fourth-order valence-corrected chi connectivity index (χ4v) is 3.19. The zero-order valence-electron chi connectivity index (χ0n) is 13.9. The van der Waals surface area contributed by atoms with Gasteiger partial charge in [-0.2, -0.15) is 13.2 Å². The van der Waals surface area contributed by atoms with Crippen molar-refractivity contribution in [1.29, 1.82) is 0 Å². The summed E-state index contributed by atoms with van der Waals surface area (Å²) in [6.45, 7) is 1.20. The lowest BCUT2D eigenvalue weighted by Crippen LogP contribution is -2.03. The molecule has 0 N–H and O–H groups in total.